The zero-order valence-electron chi connectivity index (χ0n) is 19.7. The highest BCUT2D eigenvalue weighted by Crippen LogP contribution is 2.44. The lowest BCUT2D eigenvalue weighted by molar-refractivity contribution is -0.142. The summed E-state index contributed by atoms with van der Waals surface area (Å²) in [5, 5.41) is 14.6. The van der Waals surface area contributed by atoms with Crippen LogP contribution < -0.4 is 10.6 Å². The summed E-state index contributed by atoms with van der Waals surface area (Å²) in [5.41, 5.74) is 3.87. The second kappa shape index (κ2) is 9.65. The normalized spacial score (nSPS) is 15.5. The van der Waals surface area contributed by atoms with Gasteiger partial charge >= 0.3 is 12.1 Å². The Morgan fingerprint density at radius 3 is 1.94 bits per heavy atom. The van der Waals surface area contributed by atoms with Crippen molar-refractivity contribution in [2.45, 2.75) is 52.6 Å². The molecule has 3 atom stereocenters. The van der Waals surface area contributed by atoms with Gasteiger partial charge in [-0.25, -0.2) is 4.79 Å². The molecule has 1 aliphatic carbocycles. The number of hydrogen-bond acceptors (Lipinski definition) is 4. The molecule has 0 heterocycles. The van der Waals surface area contributed by atoms with E-state index in [1.165, 1.54) is 6.92 Å². The van der Waals surface area contributed by atoms with E-state index in [2.05, 4.69) is 22.8 Å². The molecule has 3 rings (SSSR count). The molecule has 33 heavy (non-hydrogen) atoms. The highest BCUT2D eigenvalue weighted by Gasteiger charge is 2.36. The van der Waals surface area contributed by atoms with E-state index < -0.39 is 41.4 Å². The highest BCUT2D eigenvalue weighted by molar-refractivity contribution is 5.87. The quantitative estimate of drug-likeness (QED) is 0.585. The standard InChI is InChI=1S/C26H32N2O5/c1-15(24(30)31)16(2)27-23(29)22(26(3,4)5)28-25(32)33-14-21-19-12-8-6-10-17(19)18-11-7-9-13-20(18)21/h6-13,15-16,21-22H,14H2,1-5H3,(H,27,29)(H,28,32)(H,30,31)/t15?,16?,22-/m1/s1. The first-order valence-electron chi connectivity index (χ1n) is 11.2. The van der Waals surface area contributed by atoms with Crippen molar-refractivity contribution in [2.75, 3.05) is 6.61 Å². The monoisotopic (exact) mass is 452 g/mol. The number of rotatable bonds is 7. The van der Waals surface area contributed by atoms with Crippen LogP contribution in [0.2, 0.25) is 0 Å². The van der Waals surface area contributed by atoms with Crippen molar-refractivity contribution >= 4 is 18.0 Å². The molecule has 0 aliphatic heterocycles. The lowest BCUT2D eigenvalue weighted by Gasteiger charge is -2.31. The average molecular weight is 453 g/mol. The Balaban J connectivity index is 1.68. The van der Waals surface area contributed by atoms with Gasteiger partial charge in [0.1, 0.15) is 12.6 Å². The Bertz CT molecular complexity index is 997. The third kappa shape index (κ3) is 5.35. The minimum Gasteiger partial charge on any atom is -0.481 e. The first-order chi connectivity index (χ1) is 15.5. The van der Waals surface area contributed by atoms with Crippen LogP contribution in [0.5, 0.6) is 0 Å². The van der Waals surface area contributed by atoms with E-state index in [9.17, 15) is 19.5 Å². The van der Waals surface area contributed by atoms with Crippen LogP contribution in [0.15, 0.2) is 48.5 Å². The second-order valence-electron chi connectivity index (χ2n) is 9.69. The number of benzene rings is 2. The van der Waals surface area contributed by atoms with Crippen molar-refractivity contribution < 1.29 is 24.2 Å². The number of ether oxygens (including phenoxy) is 1. The zero-order chi connectivity index (χ0) is 24.3. The van der Waals surface area contributed by atoms with Crippen molar-refractivity contribution in [2.24, 2.45) is 11.3 Å². The minimum atomic E-state index is -1.00. The molecule has 0 radical (unpaired) electrons. The van der Waals surface area contributed by atoms with Crippen molar-refractivity contribution in [3.05, 3.63) is 59.7 Å². The fourth-order valence-electron chi connectivity index (χ4n) is 4.08. The molecule has 176 valence electrons. The number of carboxylic acid groups (broad SMARTS) is 1. The van der Waals surface area contributed by atoms with Crippen LogP contribution in [-0.2, 0) is 14.3 Å². The minimum absolute atomic E-state index is 0.0819. The molecule has 7 heteroatoms. The molecular weight excluding hydrogens is 420 g/mol. The number of nitrogens with one attached hydrogen (secondary N) is 2. The van der Waals surface area contributed by atoms with E-state index in [1.54, 1.807) is 6.92 Å². The molecule has 2 amide bonds. The average Bonchev–Trinajstić information content (AvgIpc) is 3.08. The van der Waals surface area contributed by atoms with Crippen LogP contribution in [0.1, 0.15) is 51.7 Å². The maximum absolute atomic E-state index is 12.9. The van der Waals surface area contributed by atoms with Gasteiger partial charge in [0, 0.05) is 12.0 Å². The van der Waals surface area contributed by atoms with Gasteiger partial charge in [0.25, 0.3) is 0 Å². The fraction of sp³-hybridized carbons (Fsp3) is 0.423. The summed E-state index contributed by atoms with van der Waals surface area (Å²) >= 11 is 0. The Morgan fingerprint density at radius 1 is 0.939 bits per heavy atom. The molecule has 0 spiro atoms. The molecule has 0 fully saturated rings. The lowest BCUT2D eigenvalue weighted by atomic mass is 9.86. The lowest BCUT2D eigenvalue weighted by Crippen LogP contribution is -2.56. The van der Waals surface area contributed by atoms with Gasteiger partial charge in [0.15, 0.2) is 0 Å². The van der Waals surface area contributed by atoms with E-state index in [0.717, 1.165) is 22.3 Å². The molecule has 3 N–H and O–H groups in total. The summed E-state index contributed by atoms with van der Waals surface area (Å²) in [6.45, 7) is 8.78. The van der Waals surface area contributed by atoms with Crippen molar-refractivity contribution in [1.29, 1.82) is 0 Å². The van der Waals surface area contributed by atoms with Crippen LogP contribution in [0, 0.1) is 11.3 Å². The molecule has 2 aromatic carbocycles. The maximum atomic E-state index is 12.9. The number of amides is 2. The number of fused-ring (bicyclic) bond motifs is 3. The number of carboxylic acids is 1. The van der Waals surface area contributed by atoms with Crippen LogP contribution in [-0.4, -0.2) is 41.8 Å². The van der Waals surface area contributed by atoms with Crippen LogP contribution >= 0.6 is 0 Å². The van der Waals surface area contributed by atoms with Crippen LogP contribution in [0.3, 0.4) is 0 Å². The number of hydrogen-bond donors (Lipinski definition) is 3. The third-order valence-corrected chi connectivity index (χ3v) is 6.24. The van der Waals surface area contributed by atoms with Gasteiger partial charge in [-0.05, 0) is 41.5 Å². The Morgan fingerprint density at radius 2 is 1.45 bits per heavy atom. The molecular formula is C26H32N2O5. The van der Waals surface area contributed by atoms with E-state index in [0.29, 0.717) is 0 Å². The van der Waals surface area contributed by atoms with Gasteiger partial charge in [-0.15, -0.1) is 0 Å². The van der Waals surface area contributed by atoms with Crippen molar-refractivity contribution in [1.82, 2.24) is 10.6 Å². The molecule has 0 saturated heterocycles. The van der Waals surface area contributed by atoms with E-state index in [1.807, 2.05) is 57.2 Å². The maximum Gasteiger partial charge on any atom is 0.407 e. The molecule has 0 aromatic heterocycles. The molecule has 1 aliphatic rings. The molecule has 0 saturated carbocycles. The summed E-state index contributed by atoms with van der Waals surface area (Å²) < 4.78 is 5.58. The summed E-state index contributed by atoms with van der Waals surface area (Å²) in [7, 11) is 0. The Labute approximate surface area is 194 Å². The zero-order valence-corrected chi connectivity index (χ0v) is 19.7. The predicted molar refractivity (Wildman–Crippen MR) is 126 cm³/mol. The van der Waals surface area contributed by atoms with Crippen molar-refractivity contribution in [3.63, 3.8) is 0 Å². The van der Waals surface area contributed by atoms with Gasteiger partial charge in [0.05, 0.1) is 5.92 Å². The van der Waals surface area contributed by atoms with Gasteiger partial charge in [-0.3, -0.25) is 9.59 Å². The van der Waals surface area contributed by atoms with Gasteiger partial charge < -0.3 is 20.5 Å². The largest absolute Gasteiger partial charge is 0.481 e. The van der Waals surface area contributed by atoms with Gasteiger partial charge in [-0.2, -0.15) is 0 Å². The van der Waals surface area contributed by atoms with Crippen LogP contribution in [0.25, 0.3) is 11.1 Å². The first kappa shape index (κ1) is 24.3. The van der Waals surface area contributed by atoms with Crippen LogP contribution in [0.4, 0.5) is 4.79 Å². The molecule has 7 nitrogen and oxygen atoms in total. The molecule has 2 aromatic rings. The van der Waals surface area contributed by atoms with Gasteiger partial charge in [-0.1, -0.05) is 69.3 Å². The summed E-state index contributed by atoms with van der Waals surface area (Å²) in [5.74, 6) is -2.29. The summed E-state index contributed by atoms with van der Waals surface area (Å²) in [4.78, 5) is 36.8. The predicted octanol–water partition coefficient (Wildman–Crippen LogP) is 4.17. The number of carbonyl (C=O) groups is 3. The number of carbonyl (C=O) groups excluding carboxylic acids is 2. The first-order valence-corrected chi connectivity index (χ1v) is 11.2. The highest BCUT2D eigenvalue weighted by atomic mass is 16.5. The number of aliphatic carboxylic acids is 1. The smallest absolute Gasteiger partial charge is 0.407 e. The number of alkyl carbamates (subject to hydrolysis) is 1. The van der Waals surface area contributed by atoms with E-state index in [4.69, 9.17) is 4.74 Å². The summed E-state index contributed by atoms with van der Waals surface area (Å²) in [6.07, 6.45) is -0.689. The third-order valence-electron chi connectivity index (χ3n) is 6.24. The van der Waals surface area contributed by atoms with Crippen molar-refractivity contribution in [3.8, 4) is 11.1 Å². The molecule has 2 unspecified atom stereocenters. The topological polar surface area (TPSA) is 105 Å². The van der Waals surface area contributed by atoms with Gasteiger partial charge in [0.2, 0.25) is 5.91 Å². The molecule has 0 bridgehead atoms. The van der Waals surface area contributed by atoms with E-state index in [-0.39, 0.29) is 12.5 Å². The Hall–Kier alpha value is -3.35. The second-order valence-corrected chi connectivity index (χ2v) is 9.69. The van der Waals surface area contributed by atoms with E-state index >= 15 is 0 Å². The Kier molecular flexibility index (Phi) is 7.10. The SMILES string of the molecule is CC(NC(=O)[C@@H](NC(=O)OCC1c2ccccc2-c2ccccc21)C(C)(C)C)C(C)C(=O)O. The fourth-order valence-corrected chi connectivity index (χ4v) is 4.08. The summed E-state index contributed by atoms with van der Waals surface area (Å²) in [6, 6.07) is 14.6.